The Morgan fingerprint density at radius 3 is 1.75 bits per heavy atom. The third-order valence-corrected chi connectivity index (χ3v) is 4.87. The summed E-state index contributed by atoms with van der Waals surface area (Å²) in [5, 5.41) is 8.19. The lowest BCUT2D eigenvalue weighted by Gasteiger charge is -2.12. The summed E-state index contributed by atoms with van der Waals surface area (Å²) in [7, 11) is 0. The molecule has 28 heavy (non-hydrogen) atoms. The molecule has 0 atom stereocenters. The Morgan fingerprint density at radius 2 is 1.18 bits per heavy atom. The van der Waals surface area contributed by atoms with Crippen molar-refractivity contribution in [2.75, 3.05) is 13.2 Å². The van der Waals surface area contributed by atoms with E-state index in [9.17, 15) is 4.79 Å². The van der Waals surface area contributed by atoms with Gasteiger partial charge < -0.3 is 9.47 Å². The van der Waals surface area contributed by atoms with E-state index in [1.165, 1.54) is 51.4 Å². The predicted octanol–water partition coefficient (Wildman–Crippen LogP) is 6.91. The van der Waals surface area contributed by atoms with Crippen LogP contribution in [0.2, 0.25) is 0 Å². The molecule has 0 aromatic heterocycles. The molecule has 0 aliphatic rings. The van der Waals surface area contributed by atoms with Gasteiger partial charge in [0.05, 0.1) is 24.3 Å². The van der Waals surface area contributed by atoms with E-state index >= 15 is 0 Å². The average Bonchev–Trinajstić information content (AvgIpc) is 2.72. The fraction of sp³-hybridized carbons (Fsp3) is 0.667. The summed E-state index contributed by atoms with van der Waals surface area (Å²) >= 11 is 0. The lowest BCUT2D eigenvalue weighted by atomic mass is 10.1. The van der Waals surface area contributed by atoms with Crippen molar-refractivity contribution in [3.63, 3.8) is 0 Å². The van der Waals surface area contributed by atoms with Gasteiger partial charge in [0, 0.05) is 0 Å². The molecule has 4 heteroatoms. The van der Waals surface area contributed by atoms with Gasteiger partial charge in [-0.25, -0.2) is 4.79 Å². The molecule has 0 heterocycles. The van der Waals surface area contributed by atoms with Crippen LogP contribution in [0, 0.1) is 5.41 Å². The minimum absolute atomic E-state index is 0.0562. The molecule has 4 nitrogen and oxygen atoms in total. The summed E-state index contributed by atoms with van der Waals surface area (Å²) in [6, 6.07) is 7.08. The van der Waals surface area contributed by atoms with Crippen molar-refractivity contribution in [3.05, 3.63) is 35.4 Å². The molecule has 158 valence electrons. The minimum atomic E-state index is -0.364. The molecule has 0 radical (unpaired) electrons. The predicted molar refractivity (Wildman–Crippen MR) is 116 cm³/mol. The molecule has 0 aliphatic heterocycles. The number of nitrogens with one attached hydrogen (secondary N) is 1. The fourth-order valence-electron chi connectivity index (χ4n) is 3.12. The maximum Gasteiger partial charge on any atom is 0.338 e. The maximum atomic E-state index is 12.4. The number of benzene rings is 1. The van der Waals surface area contributed by atoms with Crippen LogP contribution in [-0.2, 0) is 9.47 Å². The lowest BCUT2D eigenvalue weighted by Crippen LogP contribution is -2.15. The second-order valence-electron chi connectivity index (χ2n) is 7.39. The molecular weight excluding hydrogens is 350 g/mol. The molecule has 0 spiro atoms. The van der Waals surface area contributed by atoms with Crippen molar-refractivity contribution in [1.29, 1.82) is 5.41 Å². The zero-order valence-electron chi connectivity index (χ0n) is 17.9. The summed E-state index contributed by atoms with van der Waals surface area (Å²) < 4.78 is 11.0. The second kappa shape index (κ2) is 16.1. The molecule has 1 aromatic rings. The smallest absolute Gasteiger partial charge is 0.338 e. The van der Waals surface area contributed by atoms with E-state index in [0.717, 1.165) is 25.7 Å². The molecule has 1 rings (SSSR count). The van der Waals surface area contributed by atoms with Crippen LogP contribution in [0.1, 0.15) is 107 Å². The minimum Gasteiger partial charge on any atom is -0.478 e. The van der Waals surface area contributed by atoms with E-state index in [1.807, 2.05) is 6.07 Å². The van der Waals surface area contributed by atoms with Crippen LogP contribution in [0.5, 0.6) is 0 Å². The third-order valence-electron chi connectivity index (χ3n) is 4.87. The SMILES string of the molecule is CCCCCCCCOC(=N)c1ccccc1C(=O)OCCCCCCCC. The highest BCUT2D eigenvalue weighted by atomic mass is 16.5. The van der Waals surface area contributed by atoms with E-state index in [2.05, 4.69) is 13.8 Å². The van der Waals surface area contributed by atoms with Gasteiger partial charge in [0.15, 0.2) is 0 Å². The number of carbonyl (C=O) groups excluding carboxylic acids is 1. The maximum absolute atomic E-state index is 12.4. The van der Waals surface area contributed by atoms with Gasteiger partial charge >= 0.3 is 5.97 Å². The molecule has 1 N–H and O–H groups in total. The first kappa shape index (κ1) is 24.2. The molecule has 0 saturated carbocycles. The summed E-state index contributed by atoms with van der Waals surface area (Å²) in [4.78, 5) is 12.4. The lowest BCUT2D eigenvalue weighted by molar-refractivity contribution is 0.0497. The van der Waals surface area contributed by atoms with Gasteiger partial charge in [-0.2, -0.15) is 0 Å². The van der Waals surface area contributed by atoms with Gasteiger partial charge in [0.25, 0.3) is 0 Å². The van der Waals surface area contributed by atoms with E-state index < -0.39 is 0 Å². The Bertz CT molecular complexity index is 508. The van der Waals surface area contributed by atoms with Gasteiger partial charge in [0.1, 0.15) is 0 Å². The highest BCUT2D eigenvalue weighted by Crippen LogP contribution is 2.14. The summed E-state index contributed by atoms with van der Waals surface area (Å²) in [5.74, 6) is -0.308. The Balaban J connectivity index is 2.35. The quantitative estimate of drug-likeness (QED) is 0.145. The first-order valence-corrected chi connectivity index (χ1v) is 11.2. The van der Waals surface area contributed by atoms with E-state index in [-0.39, 0.29) is 11.9 Å². The van der Waals surface area contributed by atoms with Crippen molar-refractivity contribution in [2.45, 2.75) is 90.9 Å². The molecule has 0 aliphatic carbocycles. The van der Waals surface area contributed by atoms with Crippen LogP contribution in [0.25, 0.3) is 0 Å². The topological polar surface area (TPSA) is 59.4 Å². The van der Waals surface area contributed by atoms with E-state index in [0.29, 0.717) is 24.3 Å². The van der Waals surface area contributed by atoms with E-state index in [4.69, 9.17) is 14.9 Å². The molecule has 0 bridgehead atoms. The van der Waals surface area contributed by atoms with Gasteiger partial charge in [0.2, 0.25) is 5.90 Å². The third kappa shape index (κ3) is 10.5. The zero-order chi connectivity index (χ0) is 20.5. The Kier molecular flexibility index (Phi) is 14.0. The average molecular weight is 390 g/mol. The molecule has 0 amide bonds. The zero-order valence-corrected chi connectivity index (χ0v) is 17.9. The standard InChI is InChI=1S/C24H39NO3/c1-3-5-7-9-11-15-19-27-23(25)21-17-13-14-18-22(21)24(26)28-20-16-12-10-8-6-4-2/h13-14,17-18,25H,3-12,15-16,19-20H2,1-2H3. The number of carbonyl (C=O) groups is 1. The Morgan fingerprint density at radius 1 is 0.714 bits per heavy atom. The number of unbranched alkanes of at least 4 members (excludes halogenated alkanes) is 10. The highest BCUT2D eigenvalue weighted by molar-refractivity contribution is 6.04. The number of esters is 1. The summed E-state index contributed by atoms with van der Waals surface area (Å²) in [5.41, 5.74) is 0.933. The molecule has 0 fully saturated rings. The Labute approximate surface area is 171 Å². The summed E-state index contributed by atoms with van der Waals surface area (Å²) in [6.07, 6.45) is 14.0. The van der Waals surface area contributed by atoms with E-state index in [1.54, 1.807) is 18.2 Å². The number of hydrogen-bond donors (Lipinski definition) is 1. The summed E-state index contributed by atoms with van der Waals surface area (Å²) in [6.45, 7) is 5.37. The van der Waals surface area contributed by atoms with Crippen LogP contribution < -0.4 is 0 Å². The van der Waals surface area contributed by atoms with Crippen LogP contribution >= 0.6 is 0 Å². The number of hydrogen-bond acceptors (Lipinski definition) is 4. The van der Waals surface area contributed by atoms with Crippen LogP contribution in [0.4, 0.5) is 0 Å². The molecule has 1 aromatic carbocycles. The molecule has 0 unspecified atom stereocenters. The second-order valence-corrected chi connectivity index (χ2v) is 7.39. The van der Waals surface area contributed by atoms with Crippen molar-refractivity contribution in [1.82, 2.24) is 0 Å². The van der Waals surface area contributed by atoms with Crippen LogP contribution in [0.15, 0.2) is 24.3 Å². The molecular formula is C24H39NO3. The first-order chi connectivity index (χ1) is 13.7. The largest absolute Gasteiger partial charge is 0.478 e. The number of ether oxygens (including phenoxy) is 2. The van der Waals surface area contributed by atoms with Gasteiger partial charge in [-0.05, 0) is 25.0 Å². The van der Waals surface area contributed by atoms with Crippen molar-refractivity contribution in [3.8, 4) is 0 Å². The highest BCUT2D eigenvalue weighted by Gasteiger charge is 2.16. The Hall–Kier alpha value is -1.84. The normalized spacial score (nSPS) is 10.6. The van der Waals surface area contributed by atoms with Gasteiger partial charge in [-0.1, -0.05) is 90.2 Å². The van der Waals surface area contributed by atoms with Crippen molar-refractivity contribution < 1.29 is 14.3 Å². The fourth-order valence-corrected chi connectivity index (χ4v) is 3.12. The van der Waals surface area contributed by atoms with Crippen LogP contribution in [-0.4, -0.2) is 25.1 Å². The van der Waals surface area contributed by atoms with Crippen molar-refractivity contribution >= 4 is 11.9 Å². The molecule has 0 saturated heterocycles. The first-order valence-electron chi connectivity index (χ1n) is 11.2. The monoisotopic (exact) mass is 389 g/mol. The van der Waals surface area contributed by atoms with Crippen LogP contribution in [0.3, 0.4) is 0 Å². The number of rotatable bonds is 16. The van der Waals surface area contributed by atoms with Gasteiger partial charge in [-0.3, -0.25) is 5.41 Å². The van der Waals surface area contributed by atoms with Gasteiger partial charge in [-0.15, -0.1) is 0 Å². The van der Waals surface area contributed by atoms with Crippen molar-refractivity contribution in [2.24, 2.45) is 0 Å².